The number of aromatic nitrogens is 1. The molecule has 0 bridgehead atoms. The molecular weight excluding hydrogens is 346 g/mol. The Morgan fingerprint density at radius 3 is 2.56 bits per heavy atom. The maximum absolute atomic E-state index is 13.6. The number of nitrogens with zero attached hydrogens (tertiary/aromatic N) is 1. The van der Waals surface area contributed by atoms with Crippen molar-refractivity contribution in [1.82, 2.24) is 10.3 Å². The summed E-state index contributed by atoms with van der Waals surface area (Å²) in [6.07, 6.45) is 6.02. The van der Waals surface area contributed by atoms with Gasteiger partial charge in [0.2, 0.25) is 5.91 Å². The van der Waals surface area contributed by atoms with Crippen molar-refractivity contribution >= 4 is 12.0 Å². The van der Waals surface area contributed by atoms with Crippen LogP contribution in [0.25, 0.3) is 17.2 Å². The number of halogens is 2. The van der Waals surface area contributed by atoms with Gasteiger partial charge in [0.05, 0.1) is 6.04 Å². The molecule has 1 amide bonds. The van der Waals surface area contributed by atoms with Crippen LogP contribution in [0.3, 0.4) is 0 Å². The summed E-state index contributed by atoms with van der Waals surface area (Å²) in [6, 6.07) is 14.7. The first-order valence-electron chi connectivity index (χ1n) is 8.47. The molecule has 0 radical (unpaired) electrons. The summed E-state index contributed by atoms with van der Waals surface area (Å²) in [5, 5.41) is 2.84. The first-order valence-corrected chi connectivity index (χ1v) is 8.47. The van der Waals surface area contributed by atoms with E-state index in [0.717, 1.165) is 28.8 Å². The van der Waals surface area contributed by atoms with Crippen LogP contribution < -0.4 is 5.32 Å². The molecule has 1 N–H and O–H groups in total. The number of nitrogens with one attached hydrogen (secondary N) is 1. The zero-order valence-electron chi connectivity index (χ0n) is 14.7. The molecule has 0 saturated carbocycles. The second-order valence-corrected chi connectivity index (χ2v) is 6.09. The molecule has 3 aromatic rings. The predicted molar refractivity (Wildman–Crippen MR) is 102 cm³/mol. The third-order valence-corrected chi connectivity index (χ3v) is 4.14. The Bertz CT molecular complexity index is 971. The van der Waals surface area contributed by atoms with Gasteiger partial charge in [-0.15, -0.1) is 0 Å². The van der Waals surface area contributed by atoms with Crippen molar-refractivity contribution in [3.8, 4) is 11.1 Å². The van der Waals surface area contributed by atoms with Crippen LogP contribution in [0.4, 0.5) is 8.78 Å². The molecule has 1 heterocycles. The summed E-state index contributed by atoms with van der Waals surface area (Å²) in [5.41, 5.74) is 3.16. The second kappa shape index (κ2) is 8.36. The topological polar surface area (TPSA) is 42.0 Å². The Morgan fingerprint density at radius 1 is 1.04 bits per heavy atom. The van der Waals surface area contributed by atoms with Crippen molar-refractivity contribution in [2.45, 2.75) is 13.0 Å². The molecule has 0 aliphatic carbocycles. The molecule has 136 valence electrons. The highest BCUT2D eigenvalue weighted by molar-refractivity contribution is 5.92. The lowest BCUT2D eigenvalue weighted by Crippen LogP contribution is -2.24. The minimum absolute atomic E-state index is 0.152. The summed E-state index contributed by atoms with van der Waals surface area (Å²) < 4.78 is 26.5. The summed E-state index contributed by atoms with van der Waals surface area (Å²) in [4.78, 5) is 16.1. The number of hydrogen-bond acceptors (Lipinski definition) is 2. The minimum atomic E-state index is -0.711. The lowest BCUT2D eigenvalue weighted by molar-refractivity contribution is -0.117. The molecular formula is C22H18F2N2O. The van der Waals surface area contributed by atoms with Crippen LogP contribution in [-0.2, 0) is 4.79 Å². The van der Waals surface area contributed by atoms with Crippen molar-refractivity contribution in [1.29, 1.82) is 0 Å². The van der Waals surface area contributed by atoms with Gasteiger partial charge in [0.25, 0.3) is 0 Å². The van der Waals surface area contributed by atoms with Crippen molar-refractivity contribution in [2.24, 2.45) is 0 Å². The van der Waals surface area contributed by atoms with E-state index in [2.05, 4.69) is 10.3 Å². The molecule has 3 nitrogen and oxygen atoms in total. The normalized spacial score (nSPS) is 12.1. The zero-order chi connectivity index (χ0) is 19.2. The Hall–Kier alpha value is -3.34. The zero-order valence-corrected chi connectivity index (χ0v) is 14.7. The molecule has 0 aliphatic heterocycles. The van der Waals surface area contributed by atoms with E-state index in [9.17, 15) is 13.6 Å². The average Bonchev–Trinajstić information content (AvgIpc) is 2.68. The van der Waals surface area contributed by atoms with E-state index in [-0.39, 0.29) is 17.5 Å². The standard InChI is InChI=1S/C22H18F2N2O/c1-15(18-3-2-4-19(13-18)16-9-11-25-12-10-16)26-22(27)8-6-17-5-7-20(23)14-21(17)24/h2-15H,1H3,(H,26,27)/b8-6+. The fourth-order valence-electron chi connectivity index (χ4n) is 2.68. The maximum Gasteiger partial charge on any atom is 0.244 e. The minimum Gasteiger partial charge on any atom is -0.346 e. The molecule has 0 spiro atoms. The van der Waals surface area contributed by atoms with E-state index in [4.69, 9.17) is 0 Å². The number of hydrogen-bond donors (Lipinski definition) is 1. The summed E-state index contributed by atoms with van der Waals surface area (Å²) in [5.74, 6) is -1.73. The smallest absolute Gasteiger partial charge is 0.244 e. The van der Waals surface area contributed by atoms with Crippen molar-refractivity contribution < 1.29 is 13.6 Å². The van der Waals surface area contributed by atoms with Crippen LogP contribution in [0.2, 0.25) is 0 Å². The number of amides is 1. The summed E-state index contributed by atoms with van der Waals surface area (Å²) in [7, 11) is 0. The Labute approximate surface area is 156 Å². The van der Waals surface area contributed by atoms with Crippen LogP contribution in [0.15, 0.2) is 73.1 Å². The molecule has 5 heteroatoms. The largest absolute Gasteiger partial charge is 0.346 e. The van der Waals surface area contributed by atoms with Gasteiger partial charge in [-0.1, -0.05) is 18.2 Å². The van der Waals surface area contributed by atoms with Gasteiger partial charge < -0.3 is 5.32 Å². The van der Waals surface area contributed by atoms with Gasteiger partial charge in [-0.05, 0) is 60.0 Å². The molecule has 0 aliphatic rings. The van der Waals surface area contributed by atoms with E-state index in [0.29, 0.717) is 0 Å². The fourth-order valence-corrected chi connectivity index (χ4v) is 2.68. The quantitative estimate of drug-likeness (QED) is 0.653. The highest BCUT2D eigenvalue weighted by Crippen LogP contribution is 2.22. The molecule has 3 rings (SSSR count). The maximum atomic E-state index is 13.6. The lowest BCUT2D eigenvalue weighted by Gasteiger charge is -2.14. The van der Waals surface area contributed by atoms with Gasteiger partial charge in [-0.25, -0.2) is 8.78 Å². The van der Waals surface area contributed by atoms with E-state index in [1.807, 2.05) is 43.3 Å². The molecule has 0 fully saturated rings. The molecule has 0 saturated heterocycles. The molecule has 27 heavy (non-hydrogen) atoms. The number of carbonyl (C=O) groups is 1. The highest BCUT2D eigenvalue weighted by atomic mass is 19.1. The Morgan fingerprint density at radius 2 is 1.81 bits per heavy atom. The van der Waals surface area contributed by atoms with Crippen LogP contribution >= 0.6 is 0 Å². The first-order chi connectivity index (χ1) is 13.0. The van der Waals surface area contributed by atoms with Crippen molar-refractivity contribution in [2.75, 3.05) is 0 Å². The Balaban J connectivity index is 1.69. The summed E-state index contributed by atoms with van der Waals surface area (Å²) in [6.45, 7) is 1.87. The van der Waals surface area contributed by atoms with Gasteiger partial charge in [0.15, 0.2) is 0 Å². The van der Waals surface area contributed by atoms with Gasteiger partial charge >= 0.3 is 0 Å². The van der Waals surface area contributed by atoms with Crippen molar-refractivity contribution in [3.63, 3.8) is 0 Å². The Kier molecular flexibility index (Phi) is 5.71. The second-order valence-electron chi connectivity index (χ2n) is 6.09. The number of carbonyl (C=O) groups excluding carboxylic acids is 1. The fraction of sp³-hybridized carbons (Fsp3) is 0.0909. The van der Waals surface area contributed by atoms with Gasteiger partial charge in [0, 0.05) is 30.1 Å². The predicted octanol–water partition coefficient (Wildman–Crippen LogP) is 4.92. The highest BCUT2D eigenvalue weighted by Gasteiger charge is 2.09. The van der Waals surface area contributed by atoms with E-state index < -0.39 is 11.6 Å². The van der Waals surface area contributed by atoms with E-state index >= 15 is 0 Å². The van der Waals surface area contributed by atoms with Crippen LogP contribution in [0, 0.1) is 11.6 Å². The third-order valence-electron chi connectivity index (χ3n) is 4.14. The molecule has 1 atom stereocenters. The first kappa shape index (κ1) is 18.5. The third kappa shape index (κ3) is 4.85. The van der Waals surface area contributed by atoms with Crippen LogP contribution in [0.5, 0.6) is 0 Å². The SMILES string of the molecule is CC(NC(=O)/C=C/c1ccc(F)cc1F)c1cccc(-c2ccncc2)c1. The number of rotatable bonds is 5. The molecule has 1 unspecified atom stereocenters. The summed E-state index contributed by atoms with van der Waals surface area (Å²) >= 11 is 0. The van der Waals surface area contributed by atoms with Crippen LogP contribution in [0.1, 0.15) is 24.1 Å². The van der Waals surface area contributed by atoms with E-state index in [1.165, 1.54) is 18.2 Å². The number of benzene rings is 2. The monoisotopic (exact) mass is 364 g/mol. The van der Waals surface area contributed by atoms with Gasteiger partial charge in [-0.3, -0.25) is 9.78 Å². The van der Waals surface area contributed by atoms with Gasteiger partial charge in [-0.2, -0.15) is 0 Å². The van der Waals surface area contributed by atoms with Crippen LogP contribution in [-0.4, -0.2) is 10.9 Å². The lowest BCUT2D eigenvalue weighted by atomic mass is 10.0. The van der Waals surface area contributed by atoms with Gasteiger partial charge in [0.1, 0.15) is 11.6 Å². The average molecular weight is 364 g/mol. The molecule has 2 aromatic carbocycles. The van der Waals surface area contributed by atoms with E-state index in [1.54, 1.807) is 12.4 Å². The molecule has 1 aromatic heterocycles. The number of pyridine rings is 1. The van der Waals surface area contributed by atoms with Crippen molar-refractivity contribution in [3.05, 3.63) is 95.8 Å².